The molecule has 0 saturated carbocycles. The Morgan fingerprint density at radius 1 is 1.27 bits per heavy atom. The van der Waals surface area contributed by atoms with Gasteiger partial charge in [-0.3, -0.25) is 0 Å². The normalized spacial score (nSPS) is 24.3. The molecule has 2 aliphatic heterocycles. The van der Waals surface area contributed by atoms with E-state index in [2.05, 4.69) is 0 Å². The first-order valence-electron chi connectivity index (χ1n) is 8.34. The number of piperidine rings is 1. The van der Waals surface area contributed by atoms with Crippen LogP contribution < -0.4 is 0 Å². The van der Waals surface area contributed by atoms with E-state index in [9.17, 15) is 21.6 Å². The van der Waals surface area contributed by atoms with Crippen molar-refractivity contribution in [3.05, 3.63) is 29.8 Å². The molecule has 2 aliphatic rings. The van der Waals surface area contributed by atoms with Gasteiger partial charge in [0, 0.05) is 31.7 Å². The van der Waals surface area contributed by atoms with Gasteiger partial charge in [-0.2, -0.15) is 22.7 Å². The molecule has 0 N–H and O–H groups in total. The first-order valence-corrected chi connectivity index (χ1v) is 9.78. The van der Waals surface area contributed by atoms with Gasteiger partial charge in [0.1, 0.15) is 0 Å². The Kier molecular flexibility index (Phi) is 5.03. The van der Waals surface area contributed by atoms with Crippen LogP contribution in [0.15, 0.2) is 29.2 Å². The van der Waals surface area contributed by atoms with Crippen LogP contribution in [0.2, 0.25) is 0 Å². The van der Waals surface area contributed by atoms with Gasteiger partial charge in [0.25, 0.3) is 0 Å². The second-order valence-corrected chi connectivity index (χ2v) is 8.77. The van der Waals surface area contributed by atoms with E-state index in [1.54, 1.807) is 0 Å². The Balaban J connectivity index is 1.94. The minimum Gasteiger partial charge on any atom is -0.381 e. The predicted octanol–water partition coefficient (Wildman–Crippen LogP) is 2.93. The maximum Gasteiger partial charge on any atom is 0.392 e. The highest BCUT2D eigenvalue weighted by atomic mass is 32.2. The summed E-state index contributed by atoms with van der Waals surface area (Å²) in [6.45, 7) is 0.0281. The summed E-state index contributed by atoms with van der Waals surface area (Å²) >= 11 is 0. The minimum atomic E-state index is -4.37. The Morgan fingerprint density at radius 3 is 2.58 bits per heavy atom. The fraction of sp³-hybridized carbons (Fsp3) is 0.588. The van der Waals surface area contributed by atoms with Crippen LogP contribution >= 0.6 is 0 Å². The van der Waals surface area contributed by atoms with Gasteiger partial charge < -0.3 is 4.74 Å². The van der Waals surface area contributed by atoms with E-state index in [1.807, 2.05) is 6.07 Å². The summed E-state index contributed by atoms with van der Waals surface area (Å²) in [5.41, 5.74) is -0.966. The molecule has 0 radical (unpaired) electrons. The highest BCUT2D eigenvalue weighted by Crippen LogP contribution is 2.51. The van der Waals surface area contributed by atoms with Crippen LogP contribution in [0.1, 0.15) is 24.8 Å². The predicted molar refractivity (Wildman–Crippen MR) is 86.6 cm³/mol. The number of alkyl halides is 3. The van der Waals surface area contributed by atoms with Gasteiger partial charge in [-0.25, -0.2) is 8.42 Å². The van der Waals surface area contributed by atoms with Crippen molar-refractivity contribution in [2.24, 2.45) is 11.3 Å². The number of sulfonamides is 1. The van der Waals surface area contributed by atoms with Gasteiger partial charge in [0.05, 0.1) is 22.4 Å². The first-order chi connectivity index (χ1) is 12.2. The average molecular weight is 388 g/mol. The molecule has 1 aromatic carbocycles. The lowest BCUT2D eigenvalue weighted by Gasteiger charge is -2.50. The lowest BCUT2D eigenvalue weighted by atomic mass is 9.66. The van der Waals surface area contributed by atoms with Crippen LogP contribution in [-0.4, -0.2) is 45.2 Å². The summed E-state index contributed by atoms with van der Waals surface area (Å²) in [5, 5.41) is 8.96. The van der Waals surface area contributed by atoms with Crippen LogP contribution in [-0.2, 0) is 14.8 Å². The number of rotatable bonds is 2. The Hall–Kier alpha value is -1.63. The summed E-state index contributed by atoms with van der Waals surface area (Å²) in [4.78, 5) is -0.0655. The van der Waals surface area contributed by atoms with Gasteiger partial charge in [-0.15, -0.1) is 0 Å². The summed E-state index contributed by atoms with van der Waals surface area (Å²) < 4.78 is 73.0. The van der Waals surface area contributed by atoms with Crippen molar-refractivity contribution in [3.63, 3.8) is 0 Å². The van der Waals surface area contributed by atoms with Crippen molar-refractivity contribution in [3.8, 4) is 6.07 Å². The maximum absolute atomic E-state index is 13.6. The SMILES string of the molecule is N#Cc1cccc(S(=O)(=O)N2CCC(C(F)(F)F)C3(CCOCC3)C2)c1. The summed E-state index contributed by atoms with van der Waals surface area (Å²) in [6, 6.07) is 7.43. The number of hydrogen-bond donors (Lipinski definition) is 0. The van der Waals surface area contributed by atoms with Crippen molar-refractivity contribution in [2.75, 3.05) is 26.3 Å². The Labute approximate surface area is 150 Å². The standard InChI is InChI=1S/C17H19F3N2O3S/c18-17(19,20)15-4-7-22(12-16(15)5-8-25-9-6-16)26(23,24)14-3-1-2-13(10-14)11-21/h1-3,10,15H,4-9,12H2. The molecule has 0 aliphatic carbocycles. The molecular formula is C17H19F3N2O3S. The monoisotopic (exact) mass is 388 g/mol. The van der Waals surface area contributed by atoms with E-state index in [0.717, 1.165) is 4.31 Å². The zero-order chi connectivity index (χ0) is 19.0. The van der Waals surface area contributed by atoms with E-state index in [4.69, 9.17) is 10.00 Å². The highest BCUT2D eigenvalue weighted by Gasteiger charge is 2.57. The topological polar surface area (TPSA) is 70.4 Å². The molecule has 2 saturated heterocycles. The molecule has 5 nitrogen and oxygen atoms in total. The van der Waals surface area contributed by atoms with Crippen molar-refractivity contribution in [2.45, 2.75) is 30.3 Å². The molecule has 2 heterocycles. The average Bonchev–Trinajstić information content (AvgIpc) is 2.61. The Morgan fingerprint density at radius 2 is 1.96 bits per heavy atom. The quantitative estimate of drug-likeness (QED) is 0.781. The van der Waals surface area contributed by atoms with Crippen LogP contribution in [0.4, 0.5) is 13.2 Å². The van der Waals surface area contributed by atoms with Gasteiger partial charge in [-0.05, 0) is 37.5 Å². The first kappa shape index (κ1) is 19.1. The van der Waals surface area contributed by atoms with E-state index in [-0.39, 0.29) is 56.0 Å². The smallest absolute Gasteiger partial charge is 0.381 e. The fourth-order valence-corrected chi connectivity index (χ4v) is 5.59. The van der Waals surface area contributed by atoms with Crippen LogP contribution in [0.25, 0.3) is 0 Å². The number of hydrogen-bond acceptors (Lipinski definition) is 4. The number of ether oxygens (including phenoxy) is 1. The van der Waals surface area contributed by atoms with Crippen LogP contribution in [0.3, 0.4) is 0 Å². The molecule has 1 spiro atoms. The van der Waals surface area contributed by atoms with Gasteiger partial charge in [0.15, 0.2) is 0 Å². The third-order valence-corrected chi connectivity index (χ3v) is 7.22. The van der Waals surface area contributed by atoms with Crippen LogP contribution in [0, 0.1) is 22.7 Å². The largest absolute Gasteiger partial charge is 0.392 e. The minimum absolute atomic E-state index is 0.0655. The van der Waals surface area contributed by atoms with Crippen molar-refractivity contribution in [1.82, 2.24) is 4.31 Å². The summed E-state index contributed by atoms with van der Waals surface area (Å²) in [5.74, 6) is -1.53. The third-order valence-electron chi connectivity index (χ3n) is 5.38. The molecule has 1 atom stereocenters. The summed E-state index contributed by atoms with van der Waals surface area (Å²) in [7, 11) is -3.96. The lowest BCUT2D eigenvalue weighted by Crippen LogP contribution is -2.56. The molecule has 1 unspecified atom stereocenters. The number of nitrogens with zero attached hydrogens (tertiary/aromatic N) is 2. The molecule has 0 amide bonds. The second kappa shape index (κ2) is 6.83. The van der Waals surface area contributed by atoms with E-state index >= 15 is 0 Å². The van der Waals surface area contributed by atoms with Gasteiger partial charge in [-0.1, -0.05) is 6.07 Å². The second-order valence-electron chi connectivity index (χ2n) is 6.84. The molecule has 2 fully saturated rings. The van der Waals surface area contributed by atoms with Gasteiger partial charge >= 0.3 is 6.18 Å². The molecule has 1 aromatic rings. The lowest BCUT2D eigenvalue weighted by molar-refractivity contribution is -0.231. The zero-order valence-corrected chi connectivity index (χ0v) is 14.8. The molecular weight excluding hydrogens is 369 g/mol. The van der Waals surface area contributed by atoms with Gasteiger partial charge in [0.2, 0.25) is 10.0 Å². The zero-order valence-electron chi connectivity index (χ0n) is 14.0. The molecule has 142 valence electrons. The number of benzene rings is 1. The highest BCUT2D eigenvalue weighted by molar-refractivity contribution is 7.89. The van der Waals surface area contributed by atoms with E-state index in [0.29, 0.717) is 0 Å². The molecule has 26 heavy (non-hydrogen) atoms. The number of nitriles is 1. The molecule has 0 bridgehead atoms. The van der Waals surface area contributed by atoms with Crippen molar-refractivity contribution >= 4 is 10.0 Å². The fourth-order valence-electron chi connectivity index (χ4n) is 4.00. The van der Waals surface area contributed by atoms with Crippen molar-refractivity contribution in [1.29, 1.82) is 5.26 Å². The molecule has 3 rings (SSSR count). The Bertz CT molecular complexity index is 811. The molecule has 0 aromatic heterocycles. The molecule has 9 heteroatoms. The van der Waals surface area contributed by atoms with Crippen molar-refractivity contribution < 1.29 is 26.3 Å². The third kappa shape index (κ3) is 3.46. The maximum atomic E-state index is 13.6. The van der Waals surface area contributed by atoms with Crippen LogP contribution in [0.5, 0.6) is 0 Å². The summed E-state index contributed by atoms with van der Waals surface area (Å²) in [6.07, 6.45) is -4.27. The van der Waals surface area contributed by atoms with E-state index in [1.165, 1.54) is 24.3 Å². The van der Waals surface area contributed by atoms with E-state index < -0.39 is 27.5 Å². The number of halogens is 3.